The lowest BCUT2D eigenvalue weighted by atomic mass is 9.99. The zero-order valence-corrected chi connectivity index (χ0v) is 14.8. The summed E-state index contributed by atoms with van der Waals surface area (Å²) in [6.45, 7) is 4.43. The quantitative estimate of drug-likeness (QED) is 0.886. The molecule has 1 aromatic carbocycles. The van der Waals surface area contributed by atoms with Crippen LogP contribution in [0.2, 0.25) is 0 Å². The lowest BCUT2D eigenvalue weighted by molar-refractivity contribution is 0.155. The molecule has 1 heterocycles. The van der Waals surface area contributed by atoms with Gasteiger partial charge in [-0.1, -0.05) is 0 Å². The topological polar surface area (TPSA) is 33.7 Å². The van der Waals surface area contributed by atoms with Gasteiger partial charge in [-0.25, -0.2) is 0 Å². The summed E-state index contributed by atoms with van der Waals surface area (Å²) >= 11 is 0. The highest BCUT2D eigenvalue weighted by Crippen LogP contribution is 2.46. The summed E-state index contributed by atoms with van der Waals surface area (Å²) in [6.07, 6.45) is 2.68. The molecule has 6 heteroatoms. The fraction of sp³-hybridized carbons (Fsp3) is 0.625. The fourth-order valence-electron chi connectivity index (χ4n) is 3.15. The summed E-state index contributed by atoms with van der Waals surface area (Å²) in [5.74, 6) is 2.57. The average Bonchev–Trinajstić information content (AvgIpc) is 3.33. The van der Waals surface area contributed by atoms with E-state index in [0.717, 1.165) is 43.6 Å². The molecule has 1 aromatic rings. The number of rotatable bonds is 5. The van der Waals surface area contributed by atoms with E-state index in [4.69, 9.17) is 9.47 Å². The second kappa shape index (κ2) is 8.82. The number of nitrogens with zero attached hydrogens (tertiary/aromatic N) is 1. The first-order chi connectivity index (χ1) is 9.81. The highest BCUT2D eigenvalue weighted by molar-refractivity contribution is 5.85. The summed E-state index contributed by atoms with van der Waals surface area (Å²) in [4.78, 5) is 2.61. The third kappa shape index (κ3) is 4.42. The van der Waals surface area contributed by atoms with Crippen LogP contribution in [0.25, 0.3) is 0 Å². The number of benzene rings is 1. The van der Waals surface area contributed by atoms with Crippen molar-refractivity contribution in [2.24, 2.45) is 5.92 Å². The Morgan fingerprint density at radius 1 is 1.00 bits per heavy atom. The van der Waals surface area contributed by atoms with Crippen LogP contribution >= 0.6 is 24.8 Å². The minimum atomic E-state index is 0. The number of halogens is 2. The smallest absolute Gasteiger partial charge is 0.122 e. The highest BCUT2D eigenvalue weighted by atomic mass is 35.5. The number of ether oxygens (including phenoxy) is 2. The Kier molecular flexibility index (Phi) is 7.77. The second-order valence-electron chi connectivity index (χ2n) is 5.71. The van der Waals surface area contributed by atoms with Crippen molar-refractivity contribution in [3.63, 3.8) is 0 Å². The molecule has 1 N–H and O–H groups in total. The zero-order chi connectivity index (χ0) is 13.9. The highest BCUT2D eigenvalue weighted by Gasteiger charge is 2.37. The number of methoxy groups -OCH3 is 2. The molecule has 0 aromatic heterocycles. The van der Waals surface area contributed by atoms with Crippen molar-refractivity contribution in [3.05, 3.63) is 23.8 Å². The molecular weight excluding hydrogens is 323 g/mol. The van der Waals surface area contributed by atoms with Crippen molar-refractivity contribution in [3.8, 4) is 11.5 Å². The van der Waals surface area contributed by atoms with Gasteiger partial charge in [-0.05, 0) is 36.5 Å². The Balaban J connectivity index is 0.00000121. The minimum Gasteiger partial charge on any atom is -0.497 e. The summed E-state index contributed by atoms with van der Waals surface area (Å²) in [6, 6.07) is 6.81. The van der Waals surface area contributed by atoms with E-state index in [1.54, 1.807) is 14.2 Å². The molecule has 0 bridgehead atoms. The zero-order valence-electron chi connectivity index (χ0n) is 13.2. The standard InChI is InChI=1S/C16H24N2O2.2ClH/c1-19-14-9-13(10-15(11-14)20-2)16(12-3-4-12)18-7-5-17-6-8-18;;/h9-12,16-17H,3-8H2,1-2H3;2*1H/t16-;;/m1../s1. The molecule has 3 rings (SSSR count). The molecule has 4 nitrogen and oxygen atoms in total. The molecular formula is C16H26Cl2N2O2. The largest absolute Gasteiger partial charge is 0.497 e. The number of nitrogens with one attached hydrogen (secondary N) is 1. The van der Waals surface area contributed by atoms with Crippen LogP contribution in [0.15, 0.2) is 18.2 Å². The predicted octanol–water partition coefficient (Wildman–Crippen LogP) is 2.90. The van der Waals surface area contributed by atoms with Crippen LogP contribution in [0.4, 0.5) is 0 Å². The molecule has 1 saturated carbocycles. The van der Waals surface area contributed by atoms with Crippen molar-refractivity contribution >= 4 is 24.8 Å². The van der Waals surface area contributed by atoms with Crippen molar-refractivity contribution in [1.29, 1.82) is 0 Å². The molecule has 1 aliphatic carbocycles. The van der Waals surface area contributed by atoms with Crippen LogP contribution in [0.1, 0.15) is 24.4 Å². The molecule has 0 unspecified atom stereocenters. The number of hydrogen-bond donors (Lipinski definition) is 1. The van der Waals surface area contributed by atoms with E-state index in [-0.39, 0.29) is 24.8 Å². The Morgan fingerprint density at radius 2 is 1.55 bits per heavy atom. The van der Waals surface area contributed by atoms with E-state index in [9.17, 15) is 0 Å². The van der Waals surface area contributed by atoms with Gasteiger partial charge in [0.15, 0.2) is 0 Å². The Labute approximate surface area is 145 Å². The van der Waals surface area contributed by atoms with E-state index in [2.05, 4.69) is 22.3 Å². The molecule has 1 saturated heterocycles. The van der Waals surface area contributed by atoms with E-state index in [1.807, 2.05) is 6.07 Å². The van der Waals surface area contributed by atoms with E-state index in [0.29, 0.717) is 6.04 Å². The first kappa shape index (κ1) is 19.4. The molecule has 1 aliphatic heterocycles. The summed E-state index contributed by atoms with van der Waals surface area (Å²) in [7, 11) is 3.44. The minimum absolute atomic E-state index is 0. The molecule has 2 fully saturated rings. The van der Waals surface area contributed by atoms with Gasteiger partial charge in [0.1, 0.15) is 11.5 Å². The van der Waals surface area contributed by atoms with Crippen LogP contribution < -0.4 is 14.8 Å². The molecule has 0 amide bonds. The van der Waals surface area contributed by atoms with Gasteiger partial charge in [0.25, 0.3) is 0 Å². The maximum atomic E-state index is 5.42. The Hall–Kier alpha value is -0.680. The molecule has 1 atom stereocenters. The van der Waals surface area contributed by atoms with E-state index in [1.165, 1.54) is 18.4 Å². The van der Waals surface area contributed by atoms with Crippen molar-refractivity contribution < 1.29 is 9.47 Å². The average molecular weight is 349 g/mol. The molecule has 0 radical (unpaired) electrons. The van der Waals surface area contributed by atoms with Crippen LogP contribution in [0, 0.1) is 5.92 Å². The second-order valence-corrected chi connectivity index (χ2v) is 5.71. The Bertz CT molecular complexity index is 441. The summed E-state index contributed by atoms with van der Waals surface area (Å²) in [5, 5.41) is 3.43. The van der Waals surface area contributed by atoms with Crippen LogP contribution in [0.3, 0.4) is 0 Å². The fourth-order valence-corrected chi connectivity index (χ4v) is 3.15. The lowest BCUT2D eigenvalue weighted by Gasteiger charge is -2.35. The van der Waals surface area contributed by atoms with Crippen LogP contribution in [-0.2, 0) is 0 Å². The van der Waals surface area contributed by atoms with E-state index >= 15 is 0 Å². The van der Waals surface area contributed by atoms with Crippen molar-refractivity contribution in [2.45, 2.75) is 18.9 Å². The van der Waals surface area contributed by atoms with Gasteiger partial charge in [-0.15, -0.1) is 24.8 Å². The number of hydrogen-bond acceptors (Lipinski definition) is 4. The van der Waals surface area contributed by atoms with Gasteiger partial charge in [0.05, 0.1) is 14.2 Å². The SMILES string of the molecule is COc1cc(OC)cc([C@@H](C2CC2)N2CCNCC2)c1.Cl.Cl. The van der Waals surface area contributed by atoms with Gasteiger partial charge < -0.3 is 14.8 Å². The molecule has 126 valence electrons. The maximum Gasteiger partial charge on any atom is 0.122 e. The van der Waals surface area contributed by atoms with Crippen molar-refractivity contribution in [1.82, 2.24) is 10.2 Å². The lowest BCUT2D eigenvalue weighted by Crippen LogP contribution is -2.45. The van der Waals surface area contributed by atoms with Gasteiger partial charge in [-0.2, -0.15) is 0 Å². The van der Waals surface area contributed by atoms with E-state index < -0.39 is 0 Å². The number of piperazine rings is 1. The Morgan fingerprint density at radius 3 is 2.00 bits per heavy atom. The molecule has 0 spiro atoms. The van der Waals surface area contributed by atoms with Gasteiger partial charge >= 0.3 is 0 Å². The third-order valence-electron chi connectivity index (χ3n) is 4.33. The molecule has 2 aliphatic rings. The summed E-state index contributed by atoms with van der Waals surface area (Å²) < 4.78 is 10.8. The summed E-state index contributed by atoms with van der Waals surface area (Å²) in [5.41, 5.74) is 1.34. The van der Waals surface area contributed by atoms with Gasteiger partial charge in [0, 0.05) is 38.3 Å². The third-order valence-corrected chi connectivity index (χ3v) is 4.33. The first-order valence-electron chi connectivity index (χ1n) is 7.49. The molecule has 22 heavy (non-hydrogen) atoms. The maximum absolute atomic E-state index is 5.42. The van der Waals surface area contributed by atoms with Crippen LogP contribution in [-0.4, -0.2) is 45.3 Å². The van der Waals surface area contributed by atoms with Gasteiger partial charge in [0.2, 0.25) is 0 Å². The van der Waals surface area contributed by atoms with Crippen molar-refractivity contribution in [2.75, 3.05) is 40.4 Å². The van der Waals surface area contributed by atoms with Crippen LogP contribution in [0.5, 0.6) is 11.5 Å². The predicted molar refractivity (Wildman–Crippen MR) is 93.9 cm³/mol. The monoisotopic (exact) mass is 348 g/mol. The first-order valence-corrected chi connectivity index (χ1v) is 7.49. The van der Waals surface area contributed by atoms with Gasteiger partial charge in [-0.3, -0.25) is 4.90 Å². The normalized spacial score (nSPS) is 19.5.